The van der Waals surface area contributed by atoms with Gasteiger partial charge in [0.15, 0.2) is 6.61 Å². The summed E-state index contributed by atoms with van der Waals surface area (Å²) in [4.78, 5) is 37.9. The van der Waals surface area contributed by atoms with Gasteiger partial charge in [-0.1, -0.05) is 43.3 Å². The van der Waals surface area contributed by atoms with Gasteiger partial charge in [0.2, 0.25) is 5.91 Å². The van der Waals surface area contributed by atoms with Gasteiger partial charge in [-0.05, 0) is 37.1 Å². The maximum Gasteiger partial charge on any atom is 0.331 e. The first-order valence-electron chi connectivity index (χ1n) is 9.63. The average molecular weight is 412 g/mol. The highest BCUT2D eigenvalue weighted by Gasteiger charge is 2.18. The Bertz CT molecular complexity index is 927. The molecule has 0 fully saturated rings. The van der Waals surface area contributed by atoms with E-state index in [2.05, 4.69) is 5.32 Å². The lowest BCUT2D eigenvalue weighted by molar-refractivity contribution is -0.148. The molecule has 2 rings (SSSR count). The van der Waals surface area contributed by atoms with Crippen LogP contribution in [0.1, 0.15) is 24.5 Å². The van der Waals surface area contributed by atoms with Crippen LogP contribution in [-0.2, 0) is 19.1 Å². The highest BCUT2D eigenvalue weighted by Crippen LogP contribution is 2.13. The molecule has 0 aliphatic rings. The van der Waals surface area contributed by atoms with Crippen LogP contribution in [0.3, 0.4) is 0 Å². The molecule has 0 spiro atoms. The maximum absolute atomic E-state index is 13.5. The van der Waals surface area contributed by atoms with Gasteiger partial charge in [0.05, 0.1) is 6.54 Å². The zero-order chi connectivity index (χ0) is 21.9. The SMILES string of the molecule is CCCN(CC(=O)Nc1ccccc1C)C(=O)COC(=O)/C=C/c1ccccc1F. The number of para-hydroxylation sites is 1. The number of nitrogens with one attached hydrogen (secondary N) is 1. The average Bonchev–Trinajstić information content (AvgIpc) is 2.72. The number of carbonyl (C=O) groups is 3. The lowest BCUT2D eigenvalue weighted by Gasteiger charge is -2.21. The Balaban J connectivity index is 1.88. The maximum atomic E-state index is 13.5. The summed E-state index contributed by atoms with van der Waals surface area (Å²) >= 11 is 0. The van der Waals surface area contributed by atoms with Crippen LogP contribution in [0.4, 0.5) is 10.1 Å². The van der Waals surface area contributed by atoms with Crippen molar-refractivity contribution in [3.05, 3.63) is 71.6 Å². The normalized spacial score (nSPS) is 10.6. The van der Waals surface area contributed by atoms with Gasteiger partial charge < -0.3 is 15.0 Å². The van der Waals surface area contributed by atoms with Crippen LogP contribution in [0.15, 0.2) is 54.6 Å². The number of hydrogen-bond donors (Lipinski definition) is 1. The fourth-order valence-corrected chi connectivity index (χ4v) is 2.68. The molecule has 0 heterocycles. The molecule has 0 aromatic heterocycles. The summed E-state index contributed by atoms with van der Waals surface area (Å²) in [6.07, 6.45) is 2.98. The van der Waals surface area contributed by atoms with Gasteiger partial charge in [0, 0.05) is 23.9 Å². The molecule has 0 unspecified atom stereocenters. The van der Waals surface area contributed by atoms with Crippen LogP contribution in [0.5, 0.6) is 0 Å². The zero-order valence-electron chi connectivity index (χ0n) is 17.1. The minimum Gasteiger partial charge on any atom is -0.452 e. The van der Waals surface area contributed by atoms with Gasteiger partial charge in [-0.3, -0.25) is 9.59 Å². The lowest BCUT2D eigenvalue weighted by Crippen LogP contribution is -2.40. The van der Waals surface area contributed by atoms with Gasteiger partial charge in [0.1, 0.15) is 5.82 Å². The van der Waals surface area contributed by atoms with Crippen molar-refractivity contribution >= 4 is 29.5 Å². The molecule has 0 bridgehead atoms. The minimum atomic E-state index is -0.771. The van der Waals surface area contributed by atoms with Crippen molar-refractivity contribution in [2.45, 2.75) is 20.3 Å². The second kappa shape index (κ2) is 11.5. The monoisotopic (exact) mass is 412 g/mol. The van der Waals surface area contributed by atoms with Crippen molar-refractivity contribution in [1.82, 2.24) is 4.90 Å². The van der Waals surface area contributed by atoms with Crippen LogP contribution >= 0.6 is 0 Å². The first kappa shape index (κ1) is 22.8. The highest BCUT2D eigenvalue weighted by molar-refractivity contribution is 5.95. The number of halogens is 1. The van der Waals surface area contributed by atoms with E-state index in [1.54, 1.807) is 18.2 Å². The summed E-state index contributed by atoms with van der Waals surface area (Å²) in [5.74, 6) is -2.06. The van der Waals surface area contributed by atoms with Crippen LogP contribution < -0.4 is 5.32 Å². The number of benzene rings is 2. The third-order valence-electron chi connectivity index (χ3n) is 4.24. The number of ether oxygens (including phenoxy) is 1. The van der Waals surface area contributed by atoms with Gasteiger partial charge >= 0.3 is 5.97 Å². The smallest absolute Gasteiger partial charge is 0.331 e. The highest BCUT2D eigenvalue weighted by atomic mass is 19.1. The second-order valence-corrected chi connectivity index (χ2v) is 6.64. The van der Waals surface area contributed by atoms with Crippen molar-refractivity contribution < 1.29 is 23.5 Å². The second-order valence-electron chi connectivity index (χ2n) is 6.64. The summed E-state index contributed by atoms with van der Waals surface area (Å²) in [6.45, 7) is 3.45. The Labute approximate surface area is 175 Å². The number of hydrogen-bond acceptors (Lipinski definition) is 4. The van der Waals surface area contributed by atoms with Crippen molar-refractivity contribution in [3.8, 4) is 0 Å². The van der Waals surface area contributed by atoms with Crippen molar-refractivity contribution in [3.63, 3.8) is 0 Å². The van der Waals surface area contributed by atoms with Gasteiger partial charge in [-0.25, -0.2) is 9.18 Å². The molecule has 158 valence electrons. The summed E-state index contributed by atoms with van der Waals surface area (Å²) in [5.41, 5.74) is 1.83. The van der Waals surface area contributed by atoms with E-state index in [1.807, 2.05) is 32.0 Å². The van der Waals surface area contributed by atoms with E-state index in [4.69, 9.17) is 4.74 Å². The lowest BCUT2D eigenvalue weighted by atomic mass is 10.2. The van der Waals surface area contributed by atoms with E-state index in [-0.39, 0.29) is 18.0 Å². The van der Waals surface area contributed by atoms with Gasteiger partial charge in [-0.2, -0.15) is 0 Å². The fraction of sp³-hybridized carbons (Fsp3) is 0.261. The zero-order valence-corrected chi connectivity index (χ0v) is 17.1. The summed E-state index contributed by atoms with van der Waals surface area (Å²) in [6, 6.07) is 13.3. The number of carbonyl (C=O) groups excluding carboxylic acids is 3. The van der Waals surface area contributed by atoms with Crippen LogP contribution in [-0.4, -0.2) is 42.4 Å². The molecular formula is C23H25FN2O4. The Morgan fingerprint density at radius 2 is 1.80 bits per heavy atom. The molecule has 0 radical (unpaired) electrons. The Kier molecular flexibility index (Phi) is 8.75. The van der Waals surface area contributed by atoms with Crippen LogP contribution in [0.25, 0.3) is 6.08 Å². The Morgan fingerprint density at radius 3 is 2.50 bits per heavy atom. The molecule has 0 atom stereocenters. The first-order chi connectivity index (χ1) is 14.4. The third kappa shape index (κ3) is 7.16. The van der Waals surface area contributed by atoms with Crippen molar-refractivity contribution in [2.24, 2.45) is 0 Å². The summed E-state index contributed by atoms with van der Waals surface area (Å²) in [7, 11) is 0. The molecule has 30 heavy (non-hydrogen) atoms. The molecule has 7 heteroatoms. The van der Waals surface area contributed by atoms with E-state index >= 15 is 0 Å². The molecule has 2 aromatic carbocycles. The van der Waals surface area contributed by atoms with E-state index < -0.39 is 24.3 Å². The number of rotatable bonds is 9. The molecule has 2 amide bonds. The Morgan fingerprint density at radius 1 is 1.10 bits per heavy atom. The number of nitrogens with zero attached hydrogens (tertiary/aromatic N) is 1. The van der Waals surface area contributed by atoms with Crippen molar-refractivity contribution in [2.75, 3.05) is 25.0 Å². The Hall–Kier alpha value is -3.48. The molecule has 0 aliphatic heterocycles. The molecular weight excluding hydrogens is 387 g/mol. The van der Waals surface area contributed by atoms with E-state index in [9.17, 15) is 18.8 Å². The standard InChI is InChI=1S/C23H25FN2O4/c1-3-14-26(15-21(27)25-20-11-7-4-8-17(20)2)22(28)16-30-23(29)13-12-18-9-5-6-10-19(18)24/h4-13H,3,14-16H2,1-2H3,(H,25,27)/b13-12+. The molecule has 0 saturated heterocycles. The van der Waals surface area contributed by atoms with E-state index in [0.29, 0.717) is 18.7 Å². The number of aryl methyl sites for hydroxylation is 1. The number of amides is 2. The largest absolute Gasteiger partial charge is 0.452 e. The predicted molar refractivity (Wildman–Crippen MR) is 113 cm³/mol. The molecule has 0 saturated carbocycles. The van der Waals surface area contributed by atoms with Crippen LogP contribution in [0, 0.1) is 12.7 Å². The molecule has 6 nitrogen and oxygen atoms in total. The van der Waals surface area contributed by atoms with Gasteiger partial charge in [-0.15, -0.1) is 0 Å². The van der Waals surface area contributed by atoms with Crippen molar-refractivity contribution in [1.29, 1.82) is 0 Å². The van der Waals surface area contributed by atoms with Crippen LogP contribution in [0.2, 0.25) is 0 Å². The number of anilines is 1. The summed E-state index contributed by atoms with van der Waals surface area (Å²) < 4.78 is 18.5. The number of esters is 1. The molecule has 2 aromatic rings. The van der Waals surface area contributed by atoms with E-state index in [1.165, 1.54) is 23.1 Å². The fourth-order valence-electron chi connectivity index (χ4n) is 2.68. The first-order valence-corrected chi connectivity index (χ1v) is 9.63. The van der Waals surface area contributed by atoms with E-state index in [0.717, 1.165) is 11.6 Å². The third-order valence-corrected chi connectivity index (χ3v) is 4.24. The van der Waals surface area contributed by atoms with Gasteiger partial charge in [0.25, 0.3) is 5.91 Å². The quantitative estimate of drug-likeness (QED) is 0.505. The molecule has 1 N–H and O–H groups in total. The molecule has 0 aliphatic carbocycles. The predicted octanol–water partition coefficient (Wildman–Crippen LogP) is 3.57. The summed E-state index contributed by atoms with van der Waals surface area (Å²) in [5, 5.41) is 2.78. The topological polar surface area (TPSA) is 75.7 Å². The minimum absolute atomic E-state index is 0.149.